The molecular weight excluding hydrogens is 386 g/mol. The fourth-order valence-corrected chi connectivity index (χ4v) is 4.64. The zero-order chi connectivity index (χ0) is 20.3. The van der Waals surface area contributed by atoms with E-state index in [0.29, 0.717) is 31.5 Å². The lowest BCUT2D eigenvalue weighted by atomic mass is 9.97. The third-order valence-electron chi connectivity index (χ3n) is 4.93. The summed E-state index contributed by atoms with van der Waals surface area (Å²) in [5, 5.41) is 13.5. The van der Waals surface area contributed by atoms with Crippen LogP contribution in [0.4, 0.5) is 10.5 Å². The second kappa shape index (κ2) is 8.59. The van der Waals surface area contributed by atoms with Crippen LogP contribution in [-0.4, -0.2) is 51.3 Å². The Morgan fingerprint density at radius 3 is 2.64 bits per heavy atom. The van der Waals surface area contributed by atoms with Crippen molar-refractivity contribution in [2.24, 2.45) is 5.92 Å². The number of nitrogens with one attached hydrogen (secondary N) is 1. The maximum absolute atomic E-state index is 12.7. The van der Waals surface area contributed by atoms with E-state index in [9.17, 15) is 24.5 Å². The molecule has 0 bridgehead atoms. The highest BCUT2D eigenvalue weighted by atomic mass is 32.2. The van der Waals surface area contributed by atoms with Crippen LogP contribution in [0, 0.1) is 16.0 Å². The molecule has 3 atom stereocenters. The van der Waals surface area contributed by atoms with Crippen molar-refractivity contribution in [3.05, 3.63) is 39.9 Å². The van der Waals surface area contributed by atoms with Crippen LogP contribution in [0.3, 0.4) is 0 Å². The zero-order valence-electron chi connectivity index (χ0n) is 15.3. The van der Waals surface area contributed by atoms with Gasteiger partial charge in [-0.1, -0.05) is 11.8 Å². The normalized spacial score (nSPS) is 24.1. The third kappa shape index (κ3) is 4.80. The number of carbonyl (C=O) groups excluding carboxylic acids is 3. The number of nitro groups is 1. The minimum absolute atomic E-state index is 0.00279. The number of hydrogen-bond donors (Lipinski definition) is 1. The van der Waals surface area contributed by atoms with Gasteiger partial charge in [-0.2, -0.15) is 0 Å². The predicted molar refractivity (Wildman–Crippen MR) is 102 cm³/mol. The van der Waals surface area contributed by atoms with Crippen LogP contribution in [0.5, 0.6) is 0 Å². The molecule has 1 unspecified atom stereocenters. The van der Waals surface area contributed by atoms with Crippen LogP contribution < -0.4 is 5.32 Å². The van der Waals surface area contributed by atoms with Gasteiger partial charge in [0.25, 0.3) is 5.69 Å². The predicted octanol–water partition coefficient (Wildman–Crippen LogP) is 2.09. The lowest BCUT2D eigenvalue weighted by Crippen LogP contribution is -2.41. The van der Waals surface area contributed by atoms with E-state index in [0.717, 1.165) is 0 Å². The molecule has 3 rings (SSSR count). The molecule has 1 N–H and O–H groups in total. The largest absolute Gasteiger partial charge is 0.445 e. The number of carbonyl (C=O) groups is 3. The summed E-state index contributed by atoms with van der Waals surface area (Å²) < 4.78 is 5.40. The van der Waals surface area contributed by atoms with Crippen molar-refractivity contribution in [3.63, 3.8) is 0 Å². The molecule has 2 fully saturated rings. The van der Waals surface area contributed by atoms with E-state index in [-0.39, 0.29) is 40.5 Å². The van der Waals surface area contributed by atoms with Crippen molar-refractivity contribution >= 4 is 34.6 Å². The van der Waals surface area contributed by atoms with E-state index in [2.05, 4.69) is 5.32 Å². The van der Waals surface area contributed by atoms with Gasteiger partial charge in [-0.15, -0.1) is 0 Å². The van der Waals surface area contributed by atoms with E-state index in [4.69, 9.17) is 4.74 Å². The molecule has 0 radical (unpaired) electrons. The highest BCUT2D eigenvalue weighted by molar-refractivity contribution is 8.14. The molecule has 0 spiro atoms. The summed E-state index contributed by atoms with van der Waals surface area (Å²) >= 11 is 1.21. The molecule has 150 valence electrons. The highest BCUT2D eigenvalue weighted by Gasteiger charge is 2.43. The molecule has 2 saturated heterocycles. The highest BCUT2D eigenvalue weighted by Crippen LogP contribution is 2.34. The fourth-order valence-electron chi connectivity index (χ4n) is 3.64. The number of nitrogens with zero attached hydrogens (tertiary/aromatic N) is 2. The van der Waals surface area contributed by atoms with Crippen LogP contribution >= 0.6 is 11.8 Å². The van der Waals surface area contributed by atoms with Crippen molar-refractivity contribution < 1.29 is 24.0 Å². The molecule has 0 saturated carbocycles. The van der Waals surface area contributed by atoms with Gasteiger partial charge in [-0.05, 0) is 24.1 Å². The zero-order valence-corrected chi connectivity index (χ0v) is 16.1. The molecule has 28 heavy (non-hydrogen) atoms. The van der Waals surface area contributed by atoms with E-state index in [1.807, 2.05) is 0 Å². The Balaban J connectivity index is 1.63. The molecule has 10 heteroatoms. The van der Waals surface area contributed by atoms with Crippen LogP contribution in [-0.2, 0) is 20.9 Å². The Labute approximate surface area is 165 Å². The first-order chi connectivity index (χ1) is 13.3. The number of benzene rings is 1. The summed E-state index contributed by atoms with van der Waals surface area (Å²) in [7, 11) is 0. The van der Waals surface area contributed by atoms with Gasteiger partial charge in [0.05, 0.1) is 4.92 Å². The van der Waals surface area contributed by atoms with Crippen molar-refractivity contribution in [3.8, 4) is 0 Å². The summed E-state index contributed by atoms with van der Waals surface area (Å²) in [4.78, 5) is 47.5. The number of non-ortho nitro benzene ring substituents is 1. The number of hydrogen-bond acceptors (Lipinski definition) is 7. The van der Waals surface area contributed by atoms with Gasteiger partial charge in [0.2, 0.25) is 5.91 Å². The van der Waals surface area contributed by atoms with E-state index < -0.39 is 11.0 Å². The summed E-state index contributed by atoms with van der Waals surface area (Å²) in [6, 6.07) is 5.64. The summed E-state index contributed by atoms with van der Waals surface area (Å²) in [6.45, 7) is 2.38. The number of likely N-dealkylation sites (tertiary alicyclic amines) is 1. The Morgan fingerprint density at radius 2 is 2.07 bits per heavy atom. The lowest BCUT2D eigenvalue weighted by Gasteiger charge is -2.27. The third-order valence-corrected chi connectivity index (χ3v) is 5.94. The minimum Gasteiger partial charge on any atom is -0.445 e. The maximum Gasteiger partial charge on any atom is 0.410 e. The Bertz CT molecular complexity index is 784. The first kappa shape index (κ1) is 20.1. The monoisotopic (exact) mass is 407 g/mol. The van der Waals surface area contributed by atoms with Crippen molar-refractivity contribution in [2.75, 3.05) is 13.1 Å². The molecule has 1 aromatic rings. The number of rotatable bonds is 5. The van der Waals surface area contributed by atoms with E-state index in [1.54, 1.807) is 17.0 Å². The molecule has 0 aromatic heterocycles. The quantitative estimate of drug-likeness (QED) is 0.586. The van der Waals surface area contributed by atoms with Gasteiger partial charge in [-0.3, -0.25) is 19.7 Å². The number of thioether (sulfide) groups is 1. The second-order valence-corrected chi connectivity index (χ2v) is 8.41. The molecule has 9 nitrogen and oxygen atoms in total. The van der Waals surface area contributed by atoms with Crippen molar-refractivity contribution in [1.82, 2.24) is 10.2 Å². The Hall–Kier alpha value is -2.62. The van der Waals surface area contributed by atoms with Gasteiger partial charge < -0.3 is 15.0 Å². The average Bonchev–Trinajstić information content (AvgIpc) is 3.25. The number of ether oxygens (including phenoxy) is 1. The minimum atomic E-state index is -0.505. The van der Waals surface area contributed by atoms with Crippen molar-refractivity contribution in [1.29, 1.82) is 0 Å². The Kier molecular flexibility index (Phi) is 6.18. The number of amides is 2. The second-order valence-electron chi connectivity index (χ2n) is 6.93. The van der Waals surface area contributed by atoms with Gasteiger partial charge in [0.15, 0.2) is 5.12 Å². The summed E-state index contributed by atoms with van der Waals surface area (Å²) in [6.07, 6.45) is 0.486. The number of nitro benzene ring substituents is 1. The average molecular weight is 407 g/mol. The molecule has 2 amide bonds. The van der Waals surface area contributed by atoms with Crippen LogP contribution in [0.25, 0.3) is 0 Å². The molecule has 0 aliphatic carbocycles. The molecule has 2 aliphatic rings. The molecular formula is C18H21N3O6S. The fraction of sp³-hybridized carbons (Fsp3) is 0.500. The molecule has 1 aromatic carbocycles. The van der Waals surface area contributed by atoms with Gasteiger partial charge in [0.1, 0.15) is 6.61 Å². The first-order valence-corrected chi connectivity index (χ1v) is 9.82. The smallest absolute Gasteiger partial charge is 0.410 e. The van der Waals surface area contributed by atoms with Gasteiger partial charge in [0, 0.05) is 55.8 Å². The maximum atomic E-state index is 12.7. The molecule has 2 heterocycles. The van der Waals surface area contributed by atoms with Crippen molar-refractivity contribution in [2.45, 2.75) is 37.7 Å². The van der Waals surface area contributed by atoms with E-state index in [1.165, 1.54) is 30.8 Å². The topological polar surface area (TPSA) is 119 Å². The summed E-state index contributed by atoms with van der Waals surface area (Å²) in [5.41, 5.74) is 0.610. The SMILES string of the molecule is CC(=O)S[C@H]1C[C@@H](C2CNC(=O)C2)N(C(=O)OCc2ccc([N+](=O)[O-])cc2)C1. The summed E-state index contributed by atoms with van der Waals surface area (Å²) in [5.74, 6) is -0.0381. The van der Waals surface area contributed by atoms with Crippen LogP contribution in [0.1, 0.15) is 25.3 Å². The standard InChI is InChI=1S/C18H21N3O6S/c1-11(22)28-15-7-16(13-6-17(23)19-8-13)20(9-15)18(24)27-10-12-2-4-14(5-3-12)21(25)26/h2-5,13,15-16H,6-10H2,1H3,(H,19,23)/t13?,15-,16-/m0/s1. The first-order valence-electron chi connectivity index (χ1n) is 8.94. The molecule has 2 aliphatic heterocycles. The van der Waals surface area contributed by atoms with Gasteiger partial charge in [-0.25, -0.2) is 4.79 Å². The Morgan fingerprint density at radius 1 is 1.36 bits per heavy atom. The van der Waals surface area contributed by atoms with E-state index >= 15 is 0 Å². The van der Waals surface area contributed by atoms with Crippen LogP contribution in [0.15, 0.2) is 24.3 Å². The lowest BCUT2D eigenvalue weighted by molar-refractivity contribution is -0.384. The van der Waals surface area contributed by atoms with Crippen LogP contribution in [0.2, 0.25) is 0 Å². The van der Waals surface area contributed by atoms with Gasteiger partial charge >= 0.3 is 6.09 Å².